The second-order valence-corrected chi connectivity index (χ2v) is 6.27. The Bertz CT molecular complexity index is 766. The van der Waals surface area contributed by atoms with E-state index in [1.807, 2.05) is 19.1 Å². The molecule has 7 nitrogen and oxygen atoms in total. The average molecular weight is 353 g/mol. The number of amides is 2. The van der Waals surface area contributed by atoms with E-state index in [-0.39, 0.29) is 18.4 Å². The smallest absolute Gasteiger partial charge is 0.251 e. The van der Waals surface area contributed by atoms with Crippen LogP contribution in [0, 0.1) is 6.92 Å². The van der Waals surface area contributed by atoms with E-state index in [9.17, 15) is 9.59 Å². The first kappa shape index (κ1) is 17.8. The second-order valence-electron chi connectivity index (χ2n) is 6.27. The molecule has 26 heavy (non-hydrogen) atoms. The number of carbonyl (C=O) groups excluding carboxylic acids is 2. The van der Waals surface area contributed by atoms with Crippen molar-refractivity contribution in [1.82, 2.24) is 20.2 Å². The van der Waals surface area contributed by atoms with Crippen molar-refractivity contribution in [3.05, 3.63) is 53.9 Å². The van der Waals surface area contributed by atoms with Crippen LogP contribution in [-0.4, -0.2) is 59.4 Å². The van der Waals surface area contributed by atoms with Gasteiger partial charge >= 0.3 is 0 Å². The van der Waals surface area contributed by atoms with Gasteiger partial charge in [-0.05, 0) is 31.5 Å². The van der Waals surface area contributed by atoms with Gasteiger partial charge in [0.1, 0.15) is 0 Å². The third-order valence-corrected chi connectivity index (χ3v) is 4.35. The Hall–Kier alpha value is -2.96. The molecular formula is C19H23N5O2. The van der Waals surface area contributed by atoms with Gasteiger partial charge < -0.3 is 15.1 Å². The minimum atomic E-state index is -0.233. The summed E-state index contributed by atoms with van der Waals surface area (Å²) in [7, 11) is 0. The van der Waals surface area contributed by atoms with E-state index < -0.39 is 0 Å². The molecule has 1 aromatic heterocycles. The molecule has 0 bridgehead atoms. The second kappa shape index (κ2) is 8.42. The van der Waals surface area contributed by atoms with E-state index in [1.165, 1.54) is 0 Å². The molecule has 1 aliphatic rings. The molecule has 136 valence electrons. The number of anilines is 1. The van der Waals surface area contributed by atoms with Crippen molar-refractivity contribution in [1.29, 1.82) is 0 Å². The first-order valence-corrected chi connectivity index (χ1v) is 8.79. The largest absolute Gasteiger partial charge is 0.343 e. The first-order valence-electron chi connectivity index (χ1n) is 8.79. The van der Waals surface area contributed by atoms with Crippen LogP contribution in [0.3, 0.4) is 0 Å². The predicted octanol–water partition coefficient (Wildman–Crippen LogP) is 1.25. The Kier molecular flexibility index (Phi) is 5.78. The number of hydrogen-bond acceptors (Lipinski definition) is 5. The zero-order valence-electron chi connectivity index (χ0n) is 14.9. The van der Waals surface area contributed by atoms with E-state index in [2.05, 4.69) is 20.2 Å². The zero-order valence-corrected chi connectivity index (χ0v) is 14.9. The van der Waals surface area contributed by atoms with Crippen molar-refractivity contribution in [3.63, 3.8) is 0 Å². The van der Waals surface area contributed by atoms with Crippen LogP contribution in [0.15, 0.2) is 42.6 Å². The molecule has 0 saturated carbocycles. The lowest BCUT2D eigenvalue weighted by Crippen LogP contribution is -2.42. The van der Waals surface area contributed by atoms with E-state index in [0.29, 0.717) is 31.1 Å². The third-order valence-electron chi connectivity index (χ3n) is 4.35. The van der Waals surface area contributed by atoms with Crippen molar-refractivity contribution >= 4 is 17.8 Å². The number of nitrogens with one attached hydrogen (secondary N) is 1. The average Bonchev–Trinajstić information content (AvgIpc) is 2.93. The maximum Gasteiger partial charge on any atom is 0.251 e. The van der Waals surface area contributed by atoms with Gasteiger partial charge in [0.2, 0.25) is 11.9 Å². The summed E-state index contributed by atoms with van der Waals surface area (Å²) in [5.74, 6) is 0.404. The maximum atomic E-state index is 12.4. The van der Waals surface area contributed by atoms with E-state index in [0.717, 1.165) is 18.7 Å². The van der Waals surface area contributed by atoms with E-state index in [1.54, 1.807) is 35.4 Å². The molecule has 1 fully saturated rings. The molecule has 2 aromatic rings. The van der Waals surface area contributed by atoms with Gasteiger partial charge in [-0.1, -0.05) is 18.2 Å². The van der Waals surface area contributed by atoms with Crippen LogP contribution in [0.5, 0.6) is 0 Å². The highest BCUT2D eigenvalue weighted by atomic mass is 16.2. The van der Waals surface area contributed by atoms with E-state index >= 15 is 0 Å². The van der Waals surface area contributed by atoms with Gasteiger partial charge in [-0.15, -0.1) is 0 Å². The van der Waals surface area contributed by atoms with Crippen LogP contribution in [0.4, 0.5) is 5.95 Å². The summed E-state index contributed by atoms with van der Waals surface area (Å²) in [6.07, 6.45) is 2.60. The van der Waals surface area contributed by atoms with Crippen molar-refractivity contribution in [2.24, 2.45) is 0 Å². The van der Waals surface area contributed by atoms with Gasteiger partial charge in [-0.3, -0.25) is 9.59 Å². The summed E-state index contributed by atoms with van der Waals surface area (Å²) in [4.78, 5) is 37.2. The molecule has 3 rings (SSSR count). The predicted molar refractivity (Wildman–Crippen MR) is 99.0 cm³/mol. The zero-order chi connectivity index (χ0) is 18.4. The number of aryl methyl sites for hydroxylation is 1. The molecule has 1 aromatic carbocycles. The lowest BCUT2D eigenvalue weighted by Gasteiger charge is -2.22. The molecule has 0 spiro atoms. The lowest BCUT2D eigenvalue weighted by molar-refractivity contribution is -0.129. The number of rotatable bonds is 4. The van der Waals surface area contributed by atoms with Crippen LogP contribution in [0.1, 0.15) is 22.5 Å². The Balaban J connectivity index is 1.52. The lowest BCUT2D eigenvalue weighted by atomic mass is 10.2. The topological polar surface area (TPSA) is 78.4 Å². The summed E-state index contributed by atoms with van der Waals surface area (Å²) in [5, 5.41) is 2.70. The number of benzene rings is 1. The molecule has 0 unspecified atom stereocenters. The molecule has 1 aliphatic heterocycles. The van der Waals surface area contributed by atoms with Gasteiger partial charge in [-0.25, -0.2) is 9.97 Å². The molecule has 7 heteroatoms. The first-order chi connectivity index (χ1) is 12.6. The third kappa shape index (κ3) is 4.56. The molecule has 1 N–H and O–H groups in total. The molecule has 2 heterocycles. The number of carbonyl (C=O) groups is 2. The Labute approximate surface area is 153 Å². The SMILES string of the molecule is Cc1ccnc(N2CCCN(C(=O)CNC(=O)c3ccccc3)CC2)n1. The molecule has 1 saturated heterocycles. The standard InChI is InChI=1S/C19H23N5O2/c1-15-8-9-20-19(22-15)24-11-5-10-23(12-13-24)17(25)14-21-18(26)16-6-3-2-4-7-16/h2-4,6-9H,5,10-14H2,1H3,(H,21,26). The summed E-state index contributed by atoms with van der Waals surface area (Å²) in [5.41, 5.74) is 1.48. The quantitative estimate of drug-likeness (QED) is 0.895. The van der Waals surface area contributed by atoms with Crippen LogP contribution in [-0.2, 0) is 4.79 Å². The summed E-state index contributed by atoms with van der Waals surface area (Å²) in [6, 6.07) is 10.8. The van der Waals surface area contributed by atoms with Gasteiger partial charge in [0.15, 0.2) is 0 Å². The fourth-order valence-electron chi connectivity index (χ4n) is 2.91. The highest BCUT2D eigenvalue weighted by Crippen LogP contribution is 2.11. The fraction of sp³-hybridized carbons (Fsp3) is 0.368. The molecule has 0 radical (unpaired) electrons. The normalized spacial score (nSPS) is 14.7. The van der Waals surface area contributed by atoms with E-state index in [4.69, 9.17) is 0 Å². The van der Waals surface area contributed by atoms with Crippen LogP contribution < -0.4 is 10.2 Å². The minimum Gasteiger partial charge on any atom is -0.343 e. The van der Waals surface area contributed by atoms with Gasteiger partial charge in [-0.2, -0.15) is 0 Å². The monoisotopic (exact) mass is 353 g/mol. The van der Waals surface area contributed by atoms with Crippen LogP contribution in [0.25, 0.3) is 0 Å². The number of nitrogens with zero attached hydrogens (tertiary/aromatic N) is 4. The van der Waals surface area contributed by atoms with Gasteiger partial charge in [0.05, 0.1) is 6.54 Å². The van der Waals surface area contributed by atoms with Crippen molar-refractivity contribution in [2.45, 2.75) is 13.3 Å². The molecule has 2 amide bonds. The molecule has 0 atom stereocenters. The molecule has 0 aliphatic carbocycles. The molecular weight excluding hydrogens is 330 g/mol. The Morgan fingerprint density at radius 2 is 1.88 bits per heavy atom. The van der Waals surface area contributed by atoms with Crippen molar-refractivity contribution in [3.8, 4) is 0 Å². The number of hydrogen-bond donors (Lipinski definition) is 1. The summed E-state index contributed by atoms with van der Waals surface area (Å²) >= 11 is 0. The maximum absolute atomic E-state index is 12.4. The Morgan fingerprint density at radius 1 is 1.08 bits per heavy atom. The Morgan fingerprint density at radius 3 is 2.65 bits per heavy atom. The summed E-state index contributed by atoms with van der Waals surface area (Å²) in [6.45, 7) is 4.70. The van der Waals surface area contributed by atoms with Crippen molar-refractivity contribution < 1.29 is 9.59 Å². The van der Waals surface area contributed by atoms with Gasteiger partial charge in [0, 0.05) is 43.6 Å². The van der Waals surface area contributed by atoms with Crippen molar-refractivity contribution in [2.75, 3.05) is 37.6 Å². The highest BCUT2D eigenvalue weighted by Gasteiger charge is 2.21. The van der Waals surface area contributed by atoms with Crippen LogP contribution >= 0.6 is 0 Å². The van der Waals surface area contributed by atoms with Gasteiger partial charge in [0.25, 0.3) is 5.91 Å². The number of aromatic nitrogens is 2. The highest BCUT2D eigenvalue weighted by molar-refractivity contribution is 5.96. The summed E-state index contributed by atoms with van der Waals surface area (Å²) < 4.78 is 0. The minimum absolute atomic E-state index is 0.00860. The fourth-order valence-corrected chi connectivity index (χ4v) is 2.91. The van der Waals surface area contributed by atoms with Crippen LogP contribution in [0.2, 0.25) is 0 Å².